The van der Waals surface area contributed by atoms with Crippen molar-refractivity contribution in [2.75, 3.05) is 25.0 Å². The highest BCUT2D eigenvalue weighted by atomic mass is 16.6. The standard InChI is InChI=1S/C20H25N5O3/c1-3-28-20(27)25-11-9-16(10-12-25)24-19(26)17-13-18(22-14(2)21-17)23-15-7-5-4-6-8-15/h4-8,13,16H,3,9-12H2,1-2H3,(H,24,26)(H,21,22,23). The van der Waals surface area contributed by atoms with Crippen LogP contribution in [0.2, 0.25) is 0 Å². The lowest BCUT2D eigenvalue weighted by molar-refractivity contribution is 0.0856. The van der Waals surface area contributed by atoms with E-state index in [0.717, 1.165) is 5.69 Å². The summed E-state index contributed by atoms with van der Waals surface area (Å²) < 4.78 is 5.02. The maximum Gasteiger partial charge on any atom is 0.409 e. The zero-order valence-electron chi connectivity index (χ0n) is 16.1. The minimum absolute atomic E-state index is 0.000944. The number of amides is 2. The summed E-state index contributed by atoms with van der Waals surface area (Å²) in [6.45, 7) is 5.03. The Morgan fingerprint density at radius 2 is 1.89 bits per heavy atom. The number of aryl methyl sites for hydroxylation is 1. The predicted molar refractivity (Wildman–Crippen MR) is 106 cm³/mol. The molecule has 1 fully saturated rings. The highest BCUT2D eigenvalue weighted by Gasteiger charge is 2.25. The summed E-state index contributed by atoms with van der Waals surface area (Å²) in [5.41, 5.74) is 1.21. The van der Waals surface area contributed by atoms with Crippen LogP contribution in [0.4, 0.5) is 16.3 Å². The van der Waals surface area contributed by atoms with Crippen molar-refractivity contribution in [2.24, 2.45) is 0 Å². The number of benzene rings is 1. The van der Waals surface area contributed by atoms with Crippen LogP contribution in [-0.2, 0) is 4.74 Å². The van der Waals surface area contributed by atoms with Gasteiger partial charge in [0.1, 0.15) is 17.3 Å². The Kier molecular flexibility index (Phi) is 6.41. The molecule has 8 heteroatoms. The first-order valence-electron chi connectivity index (χ1n) is 9.45. The van der Waals surface area contributed by atoms with Gasteiger partial charge in [0.15, 0.2) is 0 Å². The number of carbonyl (C=O) groups excluding carboxylic acids is 2. The number of para-hydroxylation sites is 1. The Labute approximate surface area is 164 Å². The molecule has 3 rings (SSSR count). The van der Waals surface area contributed by atoms with E-state index in [2.05, 4.69) is 20.6 Å². The number of carbonyl (C=O) groups is 2. The molecular weight excluding hydrogens is 358 g/mol. The highest BCUT2D eigenvalue weighted by molar-refractivity contribution is 5.93. The zero-order valence-corrected chi connectivity index (χ0v) is 16.1. The van der Waals surface area contributed by atoms with E-state index in [1.54, 1.807) is 24.8 Å². The van der Waals surface area contributed by atoms with Crippen molar-refractivity contribution in [3.05, 3.63) is 47.9 Å². The van der Waals surface area contributed by atoms with Crippen molar-refractivity contribution in [1.29, 1.82) is 0 Å². The van der Waals surface area contributed by atoms with Gasteiger partial charge in [-0.15, -0.1) is 0 Å². The Hall–Kier alpha value is -3.16. The molecule has 0 unspecified atom stereocenters. The van der Waals surface area contributed by atoms with Crippen LogP contribution in [0.5, 0.6) is 0 Å². The molecule has 1 saturated heterocycles. The fraction of sp³-hybridized carbons (Fsp3) is 0.400. The summed E-state index contributed by atoms with van der Waals surface area (Å²) in [6.07, 6.45) is 1.07. The molecule has 1 aromatic heterocycles. The molecule has 1 aromatic carbocycles. The van der Waals surface area contributed by atoms with Crippen LogP contribution >= 0.6 is 0 Å². The Morgan fingerprint density at radius 1 is 1.18 bits per heavy atom. The van der Waals surface area contributed by atoms with Crippen molar-refractivity contribution in [3.8, 4) is 0 Å². The highest BCUT2D eigenvalue weighted by Crippen LogP contribution is 2.16. The van der Waals surface area contributed by atoms with Gasteiger partial charge in [-0.05, 0) is 38.8 Å². The SMILES string of the molecule is CCOC(=O)N1CCC(NC(=O)c2cc(Nc3ccccc3)nc(C)n2)CC1. The molecule has 0 radical (unpaired) electrons. The van der Waals surface area contributed by atoms with Gasteiger partial charge in [0.05, 0.1) is 6.61 Å². The van der Waals surface area contributed by atoms with E-state index in [0.29, 0.717) is 49.9 Å². The van der Waals surface area contributed by atoms with Gasteiger partial charge in [0.2, 0.25) is 0 Å². The number of nitrogens with one attached hydrogen (secondary N) is 2. The summed E-state index contributed by atoms with van der Waals surface area (Å²) in [7, 11) is 0. The van der Waals surface area contributed by atoms with Crippen LogP contribution in [0.3, 0.4) is 0 Å². The summed E-state index contributed by atoms with van der Waals surface area (Å²) in [5, 5.41) is 6.19. The molecule has 0 atom stereocenters. The van der Waals surface area contributed by atoms with Crippen molar-refractivity contribution in [2.45, 2.75) is 32.7 Å². The van der Waals surface area contributed by atoms with Crippen molar-refractivity contribution >= 4 is 23.5 Å². The largest absolute Gasteiger partial charge is 0.450 e. The maximum atomic E-state index is 12.7. The third-order valence-electron chi connectivity index (χ3n) is 4.47. The Bertz CT molecular complexity index is 820. The third-order valence-corrected chi connectivity index (χ3v) is 4.47. The number of anilines is 2. The monoisotopic (exact) mass is 383 g/mol. The molecule has 8 nitrogen and oxygen atoms in total. The second-order valence-corrected chi connectivity index (χ2v) is 6.61. The summed E-state index contributed by atoms with van der Waals surface area (Å²) in [5.74, 6) is 0.848. The van der Waals surface area contributed by atoms with Crippen LogP contribution in [-0.4, -0.2) is 52.6 Å². The number of hydrogen-bond donors (Lipinski definition) is 2. The topological polar surface area (TPSA) is 96.5 Å². The molecule has 1 aliphatic rings. The molecular formula is C20H25N5O3. The van der Waals surface area contributed by atoms with E-state index in [9.17, 15) is 9.59 Å². The molecule has 2 heterocycles. The molecule has 0 saturated carbocycles. The molecule has 0 spiro atoms. The van der Waals surface area contributed by atoms with Crippen LogP contribution in [0.15, 0.2) is 36.4 Å². The molecule has 0 bridgehead atoms. The number of likely N-dealkylation sites (tertiary alicyclic amines) is 1. The predicted octanol–water partition coefficient (Wildman–Crippen LogP) is 2.88. The van der Waals surface area contributed by atoms with Gasteiger partial charge in [-0.1, -0.05) is 18.2 Å². The Morgan fingerprint density at radius 3 is 2.57 bits per heavy atom. The van der Waals surface area contributed by atoms with Crippen molar-refractivity contribution < 1.29 is 14.3 Å². The maximum absolute atomic E-state index is 12.7. The third kappa shape index (κ3) is 5.18. The first-order valence-corrected chi connectivity index (χ1v) is 9.45. The second kappa shape index (κ2) is 9.16. The number of hydrogen-bond acceptors (Lipinski definition) is 6. The first-order chi connectivity index (χ1) is 13.5. The van der Waals surface area contributed by atoms with E-state index < -0.39 is 0 Å². The number of rotatable bonds is 5. The summed E-state index contributed by atoms with van der Waals surface area (Å²) >= 11 is 0. The summed E-state index contributed by atoms with van der Waals surface area (Å²) in [4.78, 5) is 34.7. The number of nitrogens with zero attached hydrogens (tertiary/aromatic N) is 3. The number of ether oxygens (including phenoxy) is 1. The van der Waals surface area contributed by atoms with Crippen LogP contribution in [0, 0.1) is 6.92 Å². The number of aromatic nitrogens is 2. The molecule has 2 N–H and O–H groups in total. The van der Waals surface area contributed by atoms with Gasteiger partial charge in [-0.25, -0.2) is 14.8 Å². The van der Waals surface area contributed by atoms with Gasteiger partial charge < -0.3 is 20.3 Å². The lowest BCUT2D eigenvalue weighted by atomic mass is 10.1. The minimum atomic E-state index is -0.296. The van der Waals surface area contributed by atoms with E-state index in [1.807, 2.05) is 30.3 Å². The lowest BCUT2D eigenvalue weighted by Gasteiger charge is -2.31. The number of piperidine rings is 1. The van der Waals surface area contributed by atoms with Gasteiger partial charge in [-0.2, -0.15) is 0 Å². The normalized spacial score (nSPS) is 14.4. The Balaban J connectivity index is 1.59. The van der Waals surface area contributed by atoms with E-state index in [-0.39, 0.29) is 18.0 Å². The molecule has 2 amide bonds. The van der Waals surface area contributed by atoms with E-state index in [4.69, 9.17) is 4.74 Å². The van der Waals surface area contributed by atoms with E-state index in [1.165, 1.54) is 0 Å². The van der Waals surface area contributed by atoms with Gasteiger partial charge in [0.25, 0.3) is 5.91 Å². The zero-order chi connectivity index (χ0) is 19.9. The van der Waals surface area contributed by atoms with Crippen molar-refractivity contribution in [1.82, 2.24) is 20.2 Å². The molecule has 0 aliphatic carbocycles. The van der Waals surface area contributed by atoms with Crippen LogP contribution in [0.25, 0.3) is 0 Å². The molecule has 2 aromatic rings. The minimum Gasteiger partial charge on any atom is -0.450 e. The molecule has 1 aliphatic heterocycles. The average Bonchev–Trinajstić information content (AvgIpc) is 2.69. The van der Waals surface area contributed by atoms with Gasteiger partial charge in [-0.3, -0.25) is 4.79 Å². The van der Waals surface area contributed by atoms with Gasteiger partial charge >= 0.3 is 6.09 Å². The quantitative estimate of drug-likeness (QED) is 0.824. The smallest absolute Gasteiger partial charge is 0.409 e. The fourth-order valence-corrected chi connectivity index (χ4v) is 3.10. The van der Waals surface area contributed by atoms with Gasteiger partial charge in [0, 0.05) is 30.9 Å². The second-order valence-electron chi connectivity index (χ2n) is 6.61. The molecule has 28 heavy (non-hydrogen) atoms. The molecule has 148 valence electrons. The lowest BCUT2D eigenvalue weighted by Crippen LogP contribution is -2.46. The van der Waals surface area contributed by atoms with Crippen molar-refractivity contribution in [3.63, 3.8) is 0 Å². The van der Waals surface area contributed by atoms with Crippen LogP contribution < -0.4 is 10.6 Å². The summed E-state index contributed by atoms with van der Waals surface area (Å²) in [6, 6.07) is 11.3. The average molecular weight is 383 g/mol. The van der Waals surface area contributed by atoms with Crippen LogP contribution in [0.1, 0.15) is 36.1 Å². The fourth-order valence-electron chi connectivity index (χ4n) is 3.10. The first kappa shape index (κ1) is 19.6. The van der Waals surface area contributed by atoms with E-state index >= 15 is 0 Å².